The number of anilines is 1. The molecule has 0 fully saturated rings. The minimum Gasteiger partial charge on any atom is -0.487 e. The number of fused-ring (bicyclic) bond motifs is 1. The Morgan fingerprint density at radius 2 is 2.08 bits per heavy atom. The average Bonchev–Trinajstić information content (AvgIpc) is 2.65. The minimum absolute atomic E-state index is 0.00628. The van der Waals surface area contributed by atoms with Crippen molar-refractivity contribution in [2.24, 2.45) is 0 Å². The van der Waals surface area contributed by atoms with E-state index >= 15 is 0 Å². The third kappa shape index (κ3) is 4.47. The summed E-state index contributed by atoms with van der Waals surface area (Å²) in [5.74, 6) is 0.599. The molecule has 0 saturated heterocycles. The summed E-state index contributed by atoms with van der Waals surface area (Å²) in [6.45, 7) is 2.22. The number of rotatable bonds is 7. The second kappa shape index (κ2) is 8.29. The Labute approximate surface area is 151 Å². The van der Waals surface area contributed by atoms with E-state index in [0.717, 1.165) is 12.8 Å². The second-order valence-corrected chi connectivity index (χ2v) is 5.98. The first-order valence-corrected chi connectivity index (χ1v) is 8.66. The van der Waals surface area contributed by atoms with Crippen molar-refractivity contribution < 1.29 is 9.53 Å². The summed E-state index contributed by atoms with van der Waals surface area (Å²) in [5.41, 5.74) is 1.68. The molecule has 0 aliphatic heterocycles. The van der Waals surface area contributed by atoms with Crippen molar-refractivity contribution in [1.29, 1.82) is 0 Å². The third-order valence-electron chi connectivity index (χ3n) is 3.89. The highest BCUT2D eigenvalue weighted by Crippen LogP contribution is 2.18. The van der Waals surface area contributed by atoms with Crippen LogP contribution in [0.5, 0.6) is 5.75 Å². The first-order valence-electron chi connectivity index (χ1n) is 8.66. The van der Waals surface area contributed by atoms with E-state index in [1.54, 1.807) is 30.5 Å². The van der Waals surface area contributed by atoms with Crippen LogP contribution >= 0.6 is 0 Å². The summed E-state index contributed by atoms with van der Waals surface area (Å²) in [5, 5.41) is 2.86. The lowest BCUT2D eigenvalue weighted by Crippen LogP contribution is -2.16. The number of hydrogen-bond donors (Lipinski definition) is 1. The van der Waals surface area contributed by atoms with E-state index in [4.69, 9.17) is 4.74 Å². The maximum Gasteiger partial charge on any atom is 0.258 e. The lowest BCUT2D eigenvalue weighted by atomic mass is 10.2. The van der Waals surface area contributed by atoms with E-state index < -0.39 is 0 Å². The summed E-state index contributed by atoms with van der Waals surface area (Å²) >= 11 is 0. The molecule has 2 aromatic heterocycles. The van der Waals surface area contributed by atoms with Gasteiger partial charge in [-0.3, -0.25) is 14.0 Å². The molecule has 0 aliphatic rings. The highest BCUT2D eigenvalue weighted by atomic mass is 16.5. The molecule has 26 heavy (non-hydrogen) atoms. The van der Waals surface area contributed by atoms with E-state index in [2.05, 4.69) is 10.3 Å². The van der Waals surface area contributed by atoms with Crippen molar-refractivity contribution in [2.45, 2.75) is 32.8 Å². The van der Waals surface area contributed by atoms with Crippen molar-refractivity contribution in [2.75, 3.05) is 5.32 Å². The Hall–Kier alpha value is -3.15. The number of nitrogens with zero attached hydrogens (tertiary/aromatic N) is 2. The average molecular weight is 351 g/mol. The molecule has 134 valence electrons. The van der Waals surface area contributed by atoms with E-state index in [9.17, 15) is 9.59 Å². The van der Waals surface area contributed by atoms with Gasteiger partial charge in [0.25, 0.3) is 5.56 Å². The number of hydrogen-bond acceptors (Lipinski definition) is 4. The van der Waals surface area contributed by atoms with Crippen molar-refractivity contribution >= 4 is 17.2 Å². The molecule has 0 unspecified atom stereocenters. The van der Waals surface area contributed by atoms with Crippen molar-refractivity contribution in [3.63, 3.8) is 0 Å². The minimum atomic E-state index is -0.147. The zero-order valence-corrected chi connectivity index (χ0v) is 14.6. The van der Waals surface area contributed by atoms with Crippen LogP contribution in [0.4, 0.5) is 5.69 Å². The van der Waals surface area contributed by atoms with Gasteiger partial charge in [-0.2, -0.15) is 0 Å². The van der Waals surface area contributed by atoms with Crippen molar-refractivity contribution in [1.82, 2.24) is 9.38 Å². The van der Waals surface area contributed by atoms with Gasteiger partial charge in [0.05, 0.1) is 5.69 Å². The van der Waals surface area contributed by atoms with Gasteiger partial charge in [-0.15, -0.1) is 0 Å². The molecular weight excluding hydrogens is 330 g/mol. The molecular formula is C20H21N3O3. The van der Waals surface area contributed by atoms with Crippen LogP contribution in [-0.2, 0) is 11.4 Å². The molecule has 6 heteroatoms. The Morgan fingerprint density at radius 1 is 1.19 bits per heavy atom. The Bertz CT molecular complexity index is 966. The van der Waals surface area contributed by atoms with Crippen LogP contribution in [0.25, 0.3) is 5.65 Å². The SMILES string of the molecule is CCCCC(=O)Nc1cccc(OCc2cc(=O)n3ccccc3n2)c1. The van der Waals surface area contributed by atoms with E-state index in [0.29, 0.717) is 29.2 Å². The number of carbonyl (C=O) groups is 1. The summed E-state index contributed by atoms with van der Waals surface area (Å²) in [6.07, 6.45) is 4.03. The molecule has 0 bridgehead atoms. The molecule has 3 aromatic rings. The van der Waals surface area contributed by atoms with Gasteiger partial charge in [-0.1, -0.05) is 25.5 Å². The maximum absolute atomic E-state index is 12.1. The van der Waals surface area contributed by atoms with Gasteiger partial charge in [0.2, 0.25) is 5.91 Å². The summed E-state index contributed by atoms with van der Waals surface area (Å²) in [4.78, 5) is 28.3. The summed E-state index contributed by atoms with van der Waals surface area (Å²) < 4.78 is 7.22. The molecule has 0 atom stereocenters. The standard InChI is InChI=1S/C20H21N3O3/c1-2-3-10-19(24)22-15-7-6-8-17(12-15)26-14-16-13-20(25)23-11-5-4-9-18(23)21-16/h4-9,11-13H,2-3,10,14H2,1H3,(H,22,24). The highest BCUT2D eigenvalue weighted by Gasteiger charge is 2.05. The predicted octanol–water partition coefficient (Wildman–Crippen LogP) is 3.40. The number of pyridine rings is 1. The first kappa shape index (κ1) is 17.7. The molecule has 1 aromatic carbocycles. The van der Waals surface area contributed by atoms with E-state index in [1.807, 2.05) is 25.1 Å². The van der Waals surface area contributed by atoms with Gasteiger partial charge in [0, 0.05) is 30.4 Å². The van der Waals surface area contributed by atoms with Gasteiger partial charge in [-0.05, 0) is 30.7 Å². The van der Waals surface area contributed by atoms with Crippen LogP contribution in [-0.4, -0.2) is 15.3 Å². The fourth-order valence-corrected chi connectivity index (χ4v) is 2.56. The normalized spacial score (nSPS) is 10.7. The lowest BCUT2D eigenvalue weighted by Gasteiger charge is -2.09. The maximum atomic E-state index is 12.1. The zero-order valence-electron chi connectivity index (χ0n) is 14.6. The molecule has 1 amide bonds. The van der Waals surface area contributed by atoms with Gasteiger partial charge in [0.15, 0.2) is 0 Å². The van der Waals surface area contributed by atoms with Gasteiger partial charge < -0.3 is 10.1 Å². The number of benzene rings is 1. The smallest absolute Gasteiger partial charge is 0.258 e. The number of ether oxygens (including phenoxy) is 1. The Morgan fingerprint density at radius 3 is 2.92 bits per heavy atom. The van der Waals surface area contributed by atoms with Gasteiger partial charge >= 0.3 is 0 Å². The number of amides is 1. The summed E-state index contributed by atoms with van der Waals surface area (Å²) in [6, 6.07) is 14.0. The predicted molar refractivity (Wildman–Crippen MR) is 100 cm³/mol. The van der Waals surface area contributed by atoms with Crippen LogP contribution in [0, 0.1) is 0 Å². The van der Waals surface area contributed by atoms with Crippen LogP contribution < -0.4 is 15.6 Å². The molecule has 0 spiro atoms. The van der Waals surface area contributed by atoms with E-state index in [1.165, 1.54) is 10.5 Å². The van der Waals surface area contributed by atoms with Crippen molar-refractivity contribution in [3.8, 4) is 5.75 Å². The number of unbranched alkanes of at least 4 members (excludes halogenated alkanes) is 1. The molecule has 0 saturated carbocycles. The van der Waals surface area contributed by atoms with Crippen LogP contribution in [0.15, 0.2) is 59.5 Å². The molecule has 2 heterocycles. The molecule has 1 N–H and O–H groups in total. The fourth-order valence-electron chi connectivity index (χ4n) is 2.56. The highest BCUT2D eigenvalue weighted by molar-refractivity contribution is 5.90. The van der Waals surface area contributed by atoms with Gasteiger partial charge in [-0.25, -0.2) is 4.98 Å². The monoisotopic (exact) mass is 351 g/mol. The zero-order chi connectivity index (χ0) is 18.4. The number of nitrogens with one attached hydrogen (secondary N) is 1. The Kier molecular flexibility index (Phi) is 5.63. The van der Waals surface area contributed by atoms with Crippen LogP contribution in [0.3, 0.4) is 0 Å². The Balaban J connectivity index is 1.67. The van der Waals surface area contributed by atoms with Crippen molar-refractivity contribution in [3.05, 3.63) is 70.8 Å². The van der Waals surface area contributed by atoms with Gasteiger partial charge in [0.1, 0.15) is 18.0 Å². The molecule has 0 aliphatic carbocycles. The van der Waals surface area contributed by atoms with Crippen LogP contribution in [0.1, 0.15) is 31.9 Å². The largest absolute Gasteiger partial charge is 0.487 e. The molecule has 3 rings (SSSR count). The first-order chi connectivity index (χ1) is 12.7. The lowest BCUT2D eigenvalue weighted by molar-refractivity contribution is -0.116. The fraction of sp³-hybridized carbons (Fsp3) is 0.250. The topological polar surface area (TPSA) is 72.7 Å². The summed E-state index contributed by atoms with van der Waals surface area (Å²) in [7, 11) is 0. The number of aromatic nitrogens is 2. The number of carbonyl (C=O) groups excluding carboxylic acids is 1. The molecule has 0 radical (unpaired) electrons. The third-order valence-corrected chi connectivity index (χ3v) is 3.89. The van der Waals surface area contributed by atoms with E-state index in [-0.39, 0.29) is 18.1 Å². The molecule has 6 nitrogen and oxygen atoms in total. The quantitative estimate of drug-likeness (QED) is 0.708. The van der Waals surface area contributed by atoms with Crippen LogP contribution in [0.2, 0.25) is 0 Å². The second-order valence-electron chi connectivity index (χ2n) is 5.98.